The first kappa shape index (κ1) is 14.3. The van der Waals surface area contributed by atoms with Gasteiger partial charge < -0.3 is 15.4 Å². The summed E-state index contributed by atoms with van der Waals surface area (Å²) in [6.45, 7) is 7.58. The number of nitrogens with two attached hydrogens (primary N) is 1. The van der Waals surface area contributed by atoms with Crippen LogP contribution in [0.1, 0.15) is 46.0 Å². The fourth-order valence-electron chi connectivity index (χ4n) is 3.35. The number of nitrogens with zero attached hydrogens (tertiary/aromatic N) is 1. The highest BCUT2D eigenvalue weighted by atomic mass is 16.5. The van der Waals surface area contributed by atoms with Crippen LogP contribution in [0.25, 0.3) is 0 Å². The minimum absolute atomic E-state index is 0.285. The van der Waals surface area contributed by atoms with Crippen molar-refractivity contribution in [3.8, 4) is 0 Å². The molecule has 1 heterocycles. The summed E-state index contributed by atoms with van der Waals surface area (Å²) in [4.78, 5) is 2.50. The van der Waals surface area contributed by atoms with Gasteiger partial charge in [0.25, 0.3) is 0 Å². The SMILES string of the molecule is CN(CC(N)C1CCOC1)C1CCC(C)(C)CC1. The molecular formula is C15H30N2O. The summed E-state index contributed by atoms with van der Waals surface area (Å²) in [5, 5.41) is 0. The summed E-state index contributed by atoms with van der Waals surface area (Å²) in [5.74, 6) is 0.576. The van der Waals surface area contributed by atoms with Gasteiger partial charge in [-0.2, -0.15) is 0 Å². The van der Waals surface area contributed by atoms with Gasteiger partial charge in [0.05, 0.1) is 6.61 Å². The molecule has 1 saturated carbocycles. The van der Waals surface area contributed by atoms with Gasteiger partial charge in [-0.1, -0.05) is 13.8 Å². The molecule has 2 aliphatic rings. The minimum Gasteiger partial charge on any atom is -0.381 e. The van der Waals surface area contributed by atoms with Crippen molar-refractivity contribution in [1.82, 2.24) is 4.90 Å². The van der Waals surface area contributed by atoms with E-state index in [4.69, 9.17) is 10.5 Å². The third-order valence-corrected chi connectivity index (χ3v) is 5.00. The van der Waals surface area contributed by atoms with Gasteiger partial charge in [0.15, 0.2) is 0 Å². The van der Waals surface area contributed by atoms with E-state index in [0.29, 0.717) is 11.3 Å². The predicted molar refractivity (Wildman–Crippen MR) is 75.6 cm³/mol. The Kier molecular flexibility index (Phi) is 4.68. The third-order valence-electron chi connectivity index (χ3n) is 5.00. The van der Waals surface area contributed by atoms with Crippen molar-refractivity contribution in [2.45, 2.75) is 58.0 Å². The monoisotopic (exact) mass is 254 g/mol. The van der Waals surface area contributed by atoms with Gasteiger partial charge in [0.1, 0.15) is 0 Å². The lowest BCUT2D eigenvalue weighted by atomic mass is 9.75. The molecule has 1 aliphatic carbocycles. The van der Waals surface area contributed by atoms with E-state index in [1.165, 1.54) is 25.7 Å². The average molecular weight is 254 g/mol. The zero-order valence-corrected chi connectivity index (χ0v) is 12.3. The molecule has 0 bridgehead atoms. The third kappa shape index (κ3) is 3.69. The van der Waals surface area contributed by atoms with E-state index in [-0.39, 0.29) is 6.04 Å². The van der Waals surface area contributed by atoms with Crippen LogP contribution in [0.15, 0.2) is 0 Å². The predicted octanol–water partition coefficient (Wildman–Crippen LogP) is 2.25. The molecule has 2 atom stereocenters. The lowest BCUT2D eigenvalue weighted by Crippen LogP contribution is -2.46. The molecule has 0 aromatic heterocycles. The standard InChI is InChI=1S/C15H30N2O/c1-15(2)7-4-13(5-8-15)17(3)10-14(16)12-6-9-18-11-12/h12-14H,4-11,16H2,1-3H3. The Bertz CT molecular complexity index is 251. The summed E-state index contributed by atoms with van der Waals surface area (Å²) in [5.41, 5.74) is 6.87. The molecule has 3 heteroatoms. The largest absolute Gasteiger partial charge is 0.381 e. The van der Waals surface area contributed by atoms with Gasteiger partial charge in [0.2, 0.25) is 0 Å². The fourth-order valence-corrected chi connectivity index (χ4v) is 3.35. The highest BCUT2D eigenvalue weighted by Gasteiger charge is 2.30. The van der Waals surface area contributed by atoms with Crippen molar-refractivity contribution in [2.75, 3.05) is 26.8 Å². The second-order valence-electron chi connectivity index (χ2n) is 7.12. The summed E-state index contributed by atoms with van der Waals surface area (Å²) in [7, 11) is 2.25. The van der Waals surface area contributed by atoms with Crippen molar-refractivity contribution >= 4 is 0 Å². The molecule has 2 N–H and O–H groups in total. The van der Waals surface area contributed by atoms with E-state index in [0.717, 1.165) is 32.2 Å². The van der Waals surface area contributed by atoms with E-state index in [1.807, 2.05) is 0 Å². The van der Waals surface area contributed by atoms with Crippen LogP contribution in [0.4, 0.5) is 0 Å². The van der Waals surface area contributed by atoms with E-state index >= 15 is 0 Å². The maximum Gasteiger partial charge on any atom is 0.0510 e. The van der Waals surface area contributed by atoms with Gasteiger partial charge in [-0.05, 0) is 44.6 Å². The molecule has 0 aromatic rings. The molecule has 2 rings (SSSR count). The first-order valence-electron chi connectivity index (χ1n) is 7.51. The zero-order valence-electron chi connectivity index (χ0n) is 12.3. The van der Waals surface area contributed by atoms with Gasteiger partial charge in [-0.15, -0.1) is 0 Å². The summed E-state index contributed by atoms with van der Waals surface area (Å²) < 4.78 is 5.43. The van der Waals surface area contributed by atoms with Crippen LogP contribution >= 0.6 is 0 Å². The number of rotatable bonds is 4. The van der Waals surface area contributed by atoms with E-state index in [2.05, 4.69) is 25.8 Å². The lowest BCUT2D eigenvalue weighted by Gasteiger charge is -2.39. The smallest absolute Gasteiger partial charge is 0.0510 e. The van der Waals surface area contributed by atoms with Crippen LogP contribution in [-0.2, 0) is 4.74 Å². The van der Waals surface area contributed by atoms with Crippen molar-refractivity contribution in [3.05, 3.63) is 0 Å². The summed E-state index contributed by atoms with van der Waals surface area (Å²) in [6.07, 6.45) is 6.51. The van der Waals surface area contributed by atoms with Crippen molar-refractivity contribution in [3.63, 3.8) is 0 Å². The lowest BCUT2D eigenvalue weighted by molar-refractivity contribution is 0.113. The molecule has 2 fully saturated rings. The average Bonchev–Trinajstić information content (AvgIpc) is 2.82. The van der Waals surface area contributed by atoms with Crippen LogP contribution in [0, 0.1) is 11.3 Å². The normalized spacial score (nSPS) is 30.8. The number of likely N-dealkylation sites (N-methyl/N-ethyl adjacent to an activating group) is 1. The molecular weight excluding hydrogens is 224 g/mol. The molecule has 18 heavy (non-hydrogen) atoms. The van der Waals surface area contributed by atoms with Crippen LogP contribution in [-0.4, -0.2) is 43.8 Å². The van der Waals surface area contributed by atoms with Crippen LogP contribution < -0.4 is 5.73 Å². The molecule has 0 aromatic carbocycles. The quantitative estimate of drug-likeness (QED) is 0.836. The molecule has 0 radical (unpaired) electrons. The second-order valence-corrected chi connectivity index (χ2v) is 7.12. The Labute approximate surface area is 112 Å². The van der Waals surface area contributed by atoms with E-state index in [9.17, 15) is 0 Å². The molecule has 2 unspecified atom stereocenters. The minimum atomic E-state index is 0.285. The van der Waals surface area contributed by atoms with Crippen LogP contribution in [0.2, 0.25) is 0 Å². The van der Waals surface area contributed by atoms with Gasteiger partial charge >= 0.3 is 0 Å². The van der Waals surface area contributed by atoms with E-state index < -0.39 is 0 Å². The van der Waals surface area contributed by atoms with Crippen LogP contribution in [0.3, 0.4) is 0 Å². The maximum absolute atomic E-state index is 6.32. The highest BCUT2D eigenvalue weighted by Crippen LogP contribution is 2.36. The molecule has 1 saturated heterocycles. The fraction of sp³-hybridized carbons (Fsp3) is 1.00. The van der Waals surface area contributed by atoms with Crippen LogP contribution in [0.5, 0.6) is 0 Å². The molecule has 0 amide bonds. The molecule has 106 valence electrons. The maximum atomic E-state index is 6.32. The Hall–Kier alpha value is -0.120. The highest BCUT2D eigenvalue weighted by molar-refractivity contribution is 4.86. The number of hydrogen-bond donors (Lipinski definition) is 1. The molecule has 3 nitrogen and oxygen atoms in total. The topological polar surface area (TPSA) is 38.5 Å². The zero-order chi connectivity index (χ0) is 13.2. The molecule has 1 aliphatic heterocycles. The van der Waals surface area contributed by atoms with Gasteiger partial charge in [-0.25, -0.2) is 0 Å². The van der Waals surface area contributed by atoms with Crippen molar-refractivity contribution in [1.29, 1.82) is 0 Å². The van der Waals surface area contributed by atoms with Crippen molar-refractivity contribution in [2.24, 2.45) is 17.1 Å². The van der Waals surface area contributed by atoms with Crippen molar-refractivity contribution < 1.29 is 4.74 Å². The Balaban J connectivity index is 1.75. The van der Waals surface area contributed by atoms with Gasteiger partial charge in [-0.3, -0.25) is 0 Å². The first-order valence-corrected chi connectivity index (χ1v) is 7.51. The Morgan fingerprint density at radius 2 is 1.94 bits per heavy atom. The Morgan fingerprint density at radius 3 is 2.50 bits per heavy atom. The first-order chi connectivity index (χ1) is 8.48. The molecule has 0 spiro atoms. The Morgan fingerprint density at radius 1 is 1.28 bits per heavy atom. The van der Waals surface area contributed by atoms with Gasteiger partial charge in [0, 0.05) is 31.2 Å². The summed E-state index contributed by atoms with van der Waals surface area (Å²) in [6, 6.07) is 1.03. The number of ether oxygens (including phenoxy) is 1. The second kappa shape index (κ2) is 5.89. The van der Waals surface area contributed by atoms with E-state index in [1.54, 1.807) is 0 Å². The number of hydrogen-bond acceptors (Lipinski definition) is 3. The summed E-state index contributed by atoms with van der Waals surface area (Å²) >= 11 is 0.